The highest BCUT2D eigenvalue weighted by atomic mass is 15.3. The van der Waals surface area contributed by atoms with Crippen molar-refractivity contribution in [3.05, 3.63) is 47.0 Å². The lowest BCUT2D eigenvalue weighted by Gasteiger charge is -2.05. The zero-order valence-corrected chi connectivity index (χ0v) is 11.7. The van der Waals surface area contributed by atoms with Crippen LogP contribution in [0.5, 0.6) is 0 Å². The fraction of sp³-hybridized carbons (Fsp3) is 0.500. The topological polar surface area (TPSA) is 42.7 Å². The van der Waals surface area contributed by atoms with E-state index in [1.165, 1.54) is 48.8 Å². The van der Waals surface area contributed by atoms with Crippen molar-refractivity contribution in [1.82, 2.24) is 20.1 Å². The molecule has 0 atom stereocenters. The average molecular weight is 268 g/mol. The molecule has 2 aliphatic rings. The third-order valence-electron chi connectivity index (χ3n) is 4.22. The summed E-state index contributed by atoms with van der Waals surface area (Å²) in [5, 5.41) is 7.99. The third kappa shape index (κ3) is 2.61. The van der Waals surface area contributed by atoms with Gasteiger partial charge in [-0.2, -0.15) is 5.10 Å². The maximum absolute atomic E-state index is 4.54. The molecule has 4 nitrogen and oxygen atoms in total. The van der Waals surface area contributed by atoms with Crippen LogP contribution in [-0.2, 0) is 25.9 Å². The van der Waals surface area contributed by atoms with Crippen LogP contribution >= 0.6 is 0 Å². The zero-order valence-electron chi connectivity index (χ0n) is 11.7. The molecule has 2 aliphatic carbocycles. The van der Waals surface area contributed by atoms with Crippen LogP contribution in [0.2, 0.25) is 0 Å². The van der Waals surface area contributed by atoms with E-state index in [0.29, 0.717) is 6.04 Å². The van der Waals surface area contributed by atoms with E-state index in [1.54, 1.807) is 0 Å². The number of nitrogens with one attached hydrogen (secondary N) is 1. The van der Waals surface area contributed by atoms with Crippen LogP contribution in [0.1, 0.15) is 41.8 Å². The molecule has 1 fully saturated rings. The number of aryl methyl sites for hydroxylation is 2. The first-order valence-electron chi connectivity index (χ1n) is 7.59. The summed E-state index contributed by atoms with van der Waals surface area (Å²) in [5.74, 6) is 0.901. The third-order valence-corrected chi connectivity index (χ3v) is 4.22. The van der Waals surface area contributed by atoms with E-state index in [9.17, 15) is 0 Å². The highest BCUT2D eigenvalue weighted by Gasteiger charge is 2.20. The Morgan fingerprint density at radius 2 is 2.10 bits per heavy atom. The second-order valence-corrected chi connectivity index (χ2v) is 5.97. The fourth-order valence-electron chi connectivity index (χ4n) is 2.92. The number of aromatic nitrogens is 3. The Balaban J connectivity index is 1.42. The van der Waals surface area contributed by atoms with Gasteiger partial charge in [-0.1, -0.05) is 18.2 Å². The van der Waals surface area contributed by atoms with Gasteiger partial charge in [0.05, 0.1) is 13.1 Å². The lowest BCUT2D eigenvalue weighted by Crippen LogP contribution is -2.16. The minimum absolute atomic E-state index is 0.707. The molecule has 1 aromatic heterocycles. The van der Waals surface area contributed by atoms with Crippen molar-refractivity contribution in [3.8, 4) is 0 Å². The van der Waals surface area contributed by atoms with E-state index in [-0.39, 0.29) is 0 Å². The van der Waals surface area contributed by atoms with Gasteiger partial charge in [0.15, 0.2) is 5.82 Å². The van der Waals surface area contributed by atoms with Crippen LogP contribution in [-0.4, -0.2) is 20.8 Å². The molecule has 0 bridgehead atoms. The molecule has 1 saturated carbocycles. The quantitative estimate of drug-likeness (QED) is 0.902. The van der Waals surface area contributed by atoms with Gasteiger partial charge in [-0.15, -0.1) is 0 Å². The minimum atomic E-state index is 0.707. The van der Waals surface area contributed by atoms with E-state index in [0.717, 1.165) is 18.9 Å². The van der Waals surface area contributed by atoms with E-state index in [4.69, 9.17) is 0 Å². The number of hydrogen-bond donors (Lipinski definition) is 1. The van der Waals surface area contributed by atoms with Gasteiger partial charge in [-0.05, 0) is 48.8 Å². The lowest BCUT2D eigenvalue weighted by atomic mass is 10.1. The largest absolute Gasteiger partial charge is 0.307 e. The summed E-state index contributed by atoms with van der Waals surface area (Å²) in [6.07, 6.45) is 8.23. The fourth-order valence-corrected chi connectivity index (χ4v) is 2.92. The molecule has 4 rings (SSSR count). The second-order valence-electron chi connectivity index (χ2n) is 5.97. The molecule has 0 aliphatic heterocycles. The standard InChI is InChI=1S/C16H20N4/c1-2-13-5-4-12(8-14(13)3-1)10-20-11-18-16(19-20)9-17-15-6-7-15/h4-5,8,11,15,17H,1-3,6-7,9-10H2. The first kappa shape index (κ1) is 12.1. The van der Waals surface area contributed by atoms with Crippen LogP contribution in [0.15, 0.2) is 24.5 Å². The van der Waals surface area contributed by atoms with Gasteiger partial charge >= 0.3 is 0 Å². The Bertz CT molecular complexity index is 613. The Kier molecular flexibility index (Phi) is 3.03. The summed E-state index contributed by atoms with van der Waals surface area (Å²) in [5.41, 5.74) is 4.39. The molecular formula is C16H20N4. The van der Waals surface area contributed by atoms with Gasteiger partial charge in [0.25, 0.3) is 0 Å². The van der Waals surface area contributed by atoms with Gasteiger partial charge in [0.1, 0.15) is 6.33 Å². The minimum Gasteiger partial charge on any atom is -0.307 e. The van der Waals surface area contributed by atoms with Crippen LogP contribution in [0.3, 0.4) is 0 Å². The Hall–Kier alpha value is -1.68. The summed E-state index contributed by atoms with van der Waals surface area (Å²) in [6, 6.07) is 7.56. The van der Waals surface area contributed by atoms with Crippen molar-refractivity contribution in [3.63, 3.8) is 0 Å². The molecule has 0 radical (unpaired) electrons. The maximum atomic E-state index is 4.54. The Labute approximate surface area is 119 Å². The first-order chi connectivity index (χ1) is 9.87. The van der Waals surface area contributed by atoms with Crippen molar-refractivity contribution < 1.29 is 0 Å². The summed E-state index contributed by atoms with van der Waals surface area (Å²) in [6.45, 7) is 1.62. The molecule has 0 spiro atoms. The van der Waals surface area contributed by atoms with Crippen molar-refractivity contribution in [2.45, 2.75) is 51.2 Å². The molecule has 1 aromatic carbocycles. The van der Waals surface area contributed by atoms with Crippen LogP contribution < -0.4 is 5.32 Å². The molecule has 2 aromatic rings. The Morgan fingerprint density at radius 3 is 3.00 bits per heavy atom. The molecule has 0 saturated heterocycles. The van der Waals surface area contributed by atoms with Crippen LogP contribution in [0.4, 0.5) is 0 Å². The van der Waals surface area contributed by atoms with Crippen molar-refractivity contribution in [1.29, 1.82) is 0 Å². The van der Waals surface area contributed by atoms with E-state index in [1.807, 2.05) is 11.0 Å². The Morgan fingerprint density at radius 1 is 1.20 bits per heavy atom. The molecule has 20 heavy (non-hydrogen) atoms. The van der Waals surface area contributed by atoms with Crippen molar-refractivity contribution >= 4 is 0 Å². The van der Waals surface area contributed by atoms with Crippen molar-refractivity contribution in [2.75, 3.05) is 0 Å². The second kappa shape index (κ2) is 5.02. The number of rotatable bonds is 5. The summed E-state index contributed by atoms with van der Waals surface area (Å²) in [4.78, 5) is 4.37. The lowest BCUT2D eigenvalue weighted by molar-refractivity contribution is 0.628. The number of fused-ring (bicyclic) bond motifs is 1. The maximum Gasteiger partial charge on any atom is 0.164 e. The van der Waals surface area contributed by atoms with Crippen molar-refractivity contribution in [2.24, 2.45) is 0 Å². The highest BCUT2D eigenvalue weighted by Crippen LogP contribution is 2.23. The molecule has 0 amide bonds. The van der Waals surface area contributed by atoms with Gasteiger partial charge in [-0.3, -0.25) is 0 Å². The predicted molar refractivity (Wildman–Crippen MR) is 77.5 cm³/mol. The molecule has 0 unspecified atom stereocenters. The van der Waals surface area contributed by atoms with Crippen LogP contribution in [0.25, 0.3) is 0 Å². The zero-order chi connectivity index (χ0) is 13.4. The predicted octanol–water partition coefficient (Wildman–Crippen LogP) is 2.07. The summed E-state index contributed by atoms with van der Waals surface area (Å²) >= 11 is 0. The van der Waals surface area contributed by atoms with E-state index in [2.05, 4.69) is 33.6 Å². The monoisotopic (exact) mass is 268 g/mol. The number of hydrogen-bond acceptors (Lipinski definition) is 3. The molecule has 4 heteroatoms. The highest BCUT2D eigenvalue weighted by molar-refractivity contribution is 5.35. The molecule has 1 heterocycles. The molecule has 104 valence electrons. The number of nitrogens with zero attached hydrogens (tertiary/aromatic N) is 3. The summed E-state index contributed by atoms with van der Waals surface area (Å²) in [7, 11) is 0. The number of benzene rings is 1. The molecule has 1 N–H and O–H groups in total. The van der Waals surface area contributed by atoms with Gasteiger partial charge in [0, 0.05) is 6.04 Å². The SMILES string of the molecule is c1cc2c(cc1Cn1cnc(CNC3CC3)n1)CCC2. The van der Waals surface area contributed by atoms with E-state index >= 15 is 0 Å². The normalized spacial score (nSPS) is 17.4. The summed E-state index contributed by atoms with van der Waals surface area (Å²) < 4.78 is 1.95. The van der Waals surface area contributed by atoms with Gasteiger partial charge in [-0.25, -0.2) is 9.67 Å². The van der Waals surface area contributed by atoms with Crippen LogP contribution in [0, 0.1) is 0 Å². The molecular weight excluding hydrogens is 248 g/mol. The average Bonchev–Trinajstić information content (AvgIpc) is 2.99. The van der Waals surface area contributed by atoms with E-state index < -0.39 is 0 Å². The van der Waals surface area contributed by atoms with Gasteiger partial charge < -0.3 is 5.32 Å². The first-order valence-corrected chi connectivity index (χ1v) is 7.59. The smallest absolute Gasteiger partial charge is 0.164 e. The van der Waals surface area contributed by atoms with Gasteiger partial charge in [0.2, 0.25) is 0 Å².